The Hall–Kier alpha value is -3.69. The highest BCUT2D eigenvalue weighted by atomic mass is 35.5. The molecule has 0 radical (unpaired) electrons. The molecule has 2 amide bonds. The lowest BCUT2D eigenvalue weighted by Gasteiger charge is -2.51. The van der Waals surface area contributed by atoms with Gasteiger partial charge in [-0.05, 0) is 51.6 Å². The number of nitrogens with zero attached hydrogens (tertiary/aromatic N) is 1. The van der Waals surface area contributed by atoms with Gasteiger partial charge in [0.05, 0.1) is 16.5 Å². The second-order valence-electron chi connectivity index (χ2n) is 8.96. The van der Waals surface area contributed by atoms with E-state index in [0.29, 0.717) is 16.1 Å². The molecule has 1 heterocycles. The highest BCUT2D eigenvalue weighted by molar-refractivity contribution is 6.32. The molecule has 0 N–H and O–H groups in total. The maximum absolute atomic E-state index is 13.4. The molecule has 0 unspecified atom stereocenters. The van der Waals surface area contributed by atoms with Crippen LogP contribution in [0.5, 0.6) is 0 Å². The molecule has 0 saturated carbocycles. The Morgan fingerprint density at radius 3 is 1.79 bits per heavy atom. The van der Waals surface area contributed by atoms with E-state index in [1.54, 1.807) is 24.3 Å². The lowest BCUT2D eigenvalue weighted by atomic mass is 9.52. The van der Waals surface area contributed by atoms with Gasteiger partial charge in [0, 0.05) is 17.5 Å². The van der Waals surface area contributed by atoms with Crippen molar-refractivity contribution in [3.63, 3.8) is 0 Å². The lowest BCUT2D eigenvalue weighted by molar-refractivity contribution is 0.0632. The molecular formula is C29H18ClNO2. The van der Waals surface area contributed by atoms with E-state index in [1.807, 2.05) is 24.3 Å². The summed E-state index contributed by atoms with van der Waals surface area (Å²) in [6.07, 6.45) is 0. The summed E-state index contributed by atoms with van der Waals surface area (Å²) in [7, 11) is 0. The van der Waals surface area contributed by atoms with E-state index in [1.165, 1.54) is 16.0 Å². The third-order valence-electron chi connectivity index (χ3n) is 7.52. The first-order chi connectivity index (χ1) is 16.1. The first-order valence-corrected chi connectivity index (χ1v) is 11.4. The van der Waals surface area contributed by atoms with Gasteiger partial charge in [-0.3, -0.25) is 14.5 Å². The number of halogens is 1. The lowest BCUT2D eigenvalue weighted by Crippen LogP contribution is -2.51. The minimum atomic E-state index is -0.733. The van der Waals surface area contributed by atoms with Gasteiger partial charge in [0.1, 0.15) is 0 Å². The molecule has 0 atom stereocenters. The number of benzene rings is 4. The van der Waals surface area contributed by atoms with Crippen LogP contribution in [0.15, 0.2) is 91.0 Å². The third kappa shape index (κ3) is 2.20. The van der Waals surface area contributed by atoms with E-state index in [2.05, 4.69) is 42.5 Å². The molecule has 3 nitrogen and oxygen atoms in total. The number of rotatable bonds is 2. The molecular weight excluding hydrogens is 430 g/mol. The Morgan fingerprint density at radius 1 is 0.667 bits per heavy atom. The molecule has 1 aliphatic heterocycles. The molecule has 4 aliphatic rings. The summed E-state index contributed by atoms with van der Waals surface area (Å²) in [5.74, 6) is -0.419. The monoisotopic (exact) mass is 447 g/mol. The normalized spacial score (nSPS) is 21.5. The minimum absolute atomic E-state index is 0.0788. The molecule has 4 aromatic rings. The molecule has 8 rings (SSSR count). The molecule has 33 heavy (non-hydrogen) atoms. The van der Waals surface area contributed by atoms with Crippen LogP contribution in [0.4, 0.5) is 0 Å². The van der Waals surface area contributed by atoms with E-state index in [4.69, 9.17) is 11.6 Å². The highest BCUT2D eigenvalue weighted by Gasteiger charge is 2.55. The fraction of sp³-hybridized carbons (Fsp3) is 0.103. The van der Waals surface area contributed by atoms with Crippen molar-refractivity contribution in [2.75, 3.05) is 6.54 Å². The van der Waals surface area contributed by atoms with Gasteiger partial charge in [-0.2, -0.15) is 0 Å². The van der Waals surface area contributed by atoms with Crippen molar-refractivity contribution in [2.24, 2.45) is 0 Å². The van der Waals surface area contributed by atoms with Gasteiger partial charge in [0.15, 0.2) is 0 Å². The van der Waals surface area contributed by atoms with Crippen molar-refractivity contribution in [3.05, 3.63) is 141 Å². The quantitative estimate of drug-likeness (QED) is 0.365. The third-order valence-corrected chi connectivity index (χ3v) is 7.84. The van der Waals surface area contributed by atoms with E-state index >= 15 is 0 Å². The van der Waals surface area contributed by atoms with Crippen LogP contribution in [-0.2, 0) is 5.41 Å². The zero-order chi connectivity index (χ0) is 22.3. The molecule has 0 aromatic heterocycles. The number of hydrogen-bond acceptors (Lipinski definition) is 2. The predicted molar refractivity (Wildman–Crippen MR) is 127 cm³/mol. The second kappa shape index (κ2) is 6.43. The summed E-state index contributed by atoms with van der Waals surface area (Å²) in [6.45, 7) is 0.205. The maximum atomic E-state index is 13.4. The largest absolute Gasteiger partial charge is 0.273 e. The minimum Gasteiger partial charge on any atom is -0.273 e. The number of carbonyl (C=O) groups is 2. The van der Waals surface area contributed by atoms with Gasteiger partial charge in [-0.15, -0.1) is 0 Å². The predicted octanol–water partition coefficient (Wildman–Crippen LogP) is 5.78. The van der Waals surface area contributed by atoms with E-state index < -0.39 is 5.41 Å². The van der Waals surface area contributed by atoms with Gasteiger partial charge >= 0.3 is 0 Å². The zero-order valence-electron chi connectivity index (χ0n) is 17.6. The number of hydrogen-bond donors (Lipinski definition) is 0. The van der Waals surface area contributed by atoms with Crippen LogP contribution in [-0.4, -0.2) is 23.3 Å². The van der Waals surface area contributed by atoms with Gasteiger partial charge in [0.2, 0.25) is 0 Å². The van der Waals surface area contributed by atoms with Crippen LogP contribution in [0, 0.1) is 0 Å². The second-order valence-corrected chi connectivity index (χ2v) is 9.37. The van der Waals surface area contributed by atoms with Gasteiger partial charge in [-0.25, -0.2) is 0 Å². The topological polar surface area (TPSA) is 37.4 Å². The number of amides is 2. The van der Waals surface area contributed by atoms with E-state index in [9.17, 15) is 9.59 Å². The smallest absolute Gasteiger partial charge is 0.261 e. The number of imide groups is 1. The van der Waals surface area contributed by atoms with Crippen LogP contribution in [0.25, 0.3) is 0 Å². The van der Waals surface area contributed by atoms with Gasteiger partial charge < -0.3 is 0 Å². The van der Waals surface area contributed by atoms with Crippen molar-refractivity contribution in [3.8, 4) is 0 Å². The maximum Gasteiger partial charge on any atom is 0.261 e. The summed E-state index contributed by atoms with van der Waals surface area (Å²) < 4.78 is 0. The Morgan fingerprint density at radius 2 is 1.18 bits per heavy atom. The zero-order valence-corrected chi connectivity index (χ0v) is 18.3. The average molecular weight is 448 g/mol. The molecule has 4 aromatic carbocycles. The van der Waals surface area contributed by atoms with Gasteiger partial charge in [-0.1, -0.05) is 84.4 Å². The Balaban J connectivity index is 1.54. The summed E-state index contributed by atoms with van der Waals surface area (Å²) in [5.41, 5.74) is 7.00. The highest BCUT2D eigenvalue weighted by Crippen LogP contribution is 2.60. The van der Waals surface area contributed by atoms with Crippen molar-refractivity contribution in [1.29, 1.82) is 0 Å². The van der Waals surface area contributed by atoms with Crippen molar-refractivity contribution >= 4 is 23.4 Å². The molecule has 158 valence electrons. The molecule has 2 bridgehead atoms. The van der Waals surface area contributed by atoms with Crippen LogP contribution in [0.3, 0.4) is 0 Å². The molecule has 0 saturated heterocycles. The first-order valence-electron chi connectivity index (χ1n) is 11.1. The summed E-state index contributed by atoms with van der Waals surface area (Å²) in [5, 5.41) is 0.665. The standard InChI is InChI=1S/C29H18ClNO2/c30-24-15-7-12-21-25-19-10-3-5-13-22(19)29(26(21)24,23-14-6-4-11-20(23)25)16-31-27(32)17-8-1-2-9-18(17)28(31)33/h1-15,25H,16H2. The van der Waals surface area contributed by atoms with Crippen LogP contribution >= 0.6 is 11.6 Å². The Bertz CT molecular complexity index is 1440. The van der Waals surface area contributed by atoms with Crippen molar-refractivity contribution < 1.29 is 9.59 Å². The summed E-state index contributed by atoms with van der Waals surface area (Å²) in [6, 6.07) is 29.9. The summed E-state index contributed by atoms with van der Waals surface area (Å²) in [4.78, 5) is 28.3. The molecule has 0 spiro atoms. The van der Waals surface area contributed by atoms with E-state index in [-0.39, 0.29) is 24.3 Å². The fourth-order valence-electron chi connectivity index (χ4n) is 6.29. The molecule has 4 heteroatoms. The number of fused-ring (bicyclic) bond motifs is 1. The van der Waals surface area contributed by atoms with Crippen LogP contribution < -0.4 is 0 Å². The van der Waals surface area contributed by atoms with Crippen LogP contribution in [0.1, 0.15) is 60.0 Å². The Kier molecular flexibility index (Phi) is 3.67. The van der Waals surface area contributed by atoms with Gasteiger partial charge in [0.25, 0.3) is 11.8 Å². The van der Waals surface area contributed by atoms with E-state index in [0.717, 1.165) is 22.3 Å². The Labute approximate surface area is 196 Å². The summed E-state index contributed by atoms with van der Waals surface area (Å²) >= 11 is 6.92. The van der Waals surface area contributed by atoms with Crippen LogP contribution in [0.2, 0.25) is 5.02 Å². The molecule has 3 aliphatic carbocycles. The first kappa shape index (κ1) is 18.8. The SMILES string of the molecule is O=C1c2ccccc2C(=O)N1CC12c3ccccc3C(c3ccccc31)c1cccc(Cl)c12. The molecule has 0 fully saturated rings. The number of carbonyl (C=O) groups excluding carboxylic acids is 2. The fourth-order valence-corrected chi connectivity index (χ4v) is 6.64. The van der Waals surface area contributed by atoms with Crippen molar-refractivity contribution in [2.45, 2.75) is 11.3 Å². The van der Waals surface area contributed by atoms with Crippen molar-refractivity contribution in [1.82, 2.24) is 4.90 Å². The average Bonchev–Trinajstić information content (AvgIpc) is 3.09.